The molecule has 0 bridgehead atoms. The summed E-state index contributed by atoms with van der Waals surface area (Å²) in [5.41, 5.74) is 0.609. The highest BCUT2D eigenvalue weighted by atomic mass is 32.2. The Labute approximate surface area is 148 Å². The van der Waals surface area contributed by atoms with Crippen molar-refractivity contribution in [2.45, 2.75) is 10.3 Å². The third kappa shape index (κ3) is 3.15. The number of carbonyl (C=O) groups excluding carboxylic acids is 1. The van der Waals surface area contributed by atoms with Gasteiger partial charge in [-0.2, -0.15) is 0 Å². The number of sulfonamides is 1. The summed E-state index contributed by atoms with van der Waals surface area (Å²) in [7, 11) is -3.59. The van der Waals surface area contributed by atoms with Crippen LogP contribution in [0.4, 0.5) is 10.5 Å². The molecule has 1 fully saturated rings. The van der Waals surface area contributed by atoms with E-state index in [-0.39, 0.29) is 24.1 Å². The zero-order valence-electron chi connectivity index (χ0n) is 12.9. The fourth-order valence-corrected chi connectivity index (χ4v) is 4.69. The molecule has 1 aromatic carbocycles. The normalized spacial score (nSPS) is 19.3. The second kappa shape index (κ2) is 6.21. The van der Waals surface area contributed by atoms with Crippen molar-refractivity contribution in [1.82, 2.24) is 4.72 Å². The van der Waals surface area contributed by atoms with Crippen molar-refractivity contribution in [2.24, 2.45) is 0 Å². The summed E-state index contributed by atoms with van der Waals surface area (Å²) in [5.74, 6) is 1.18. The van der Waals surface area contributed by atoms with Crippen LogP contribution in [-0.4, -0.2) is 40.5 Å². The van der Waals surface area contributed by atoms with Gasteiger partial charge in [-0.25, -0.2) is 17.9 Å². The van der Waals surface area contributed by atoms with E-state index >= 15 is 0 Å². The Balaban J connectivity index is 1.42. The van der Waals surface area contributed by atoms with Gasteiger partial charge >= 0.3 is 6.09 Å². The van der Waals surface area contributed by atoms with Gasteiger partial charge in [0.05, 0.1) is 12.2 Å². The molecule has 2 aromatic rings. The molecular weight excluding hydrogens is 368 g/mol. The van der Waals surface area contributed by atoms with Gasteiger partial charge in [0.25, 0.3) is 0 Å². The SMILES string of the molecule is O=C1OC(CNS(=O)(=O)c2cccs2)CN1c1ccc2c(c1)OCO2. The first-order valence-electron chi connectivity index (χ1n) is 7.44. The first-order valence-corrected chi connectivity index (χ1v) is 9.80. The fraction of sp³-hybridized carbons (Fsp3) is 0.267. The van der Waals surface area contributed by atoms with Crippen LogP contribution in [0.5, 0.6) is 11.5 Å². The highest BCUT2D eigenvalue weighted by Crippen LogP contribution is 2.36. The lowest BCUT2D eigenvalue weighted by atomic mass is 10.2. The van der Waals surface area contributed by atoms with Crippen LogP contribution in [-0.2, 0) is 14.8 Å². The van der Waals surface area contributed by atoms with E-state index in [0.29, 0.717) is 17.2 Å². The maximum Gasteiger partial charge on any atom is 0.414 e. The number of fused-ring (bicyclic) bond motifs is 1. The van der Waals surface area contributed by atoms with Crippen LogP contribution >= 0.6 is 11.3 Å². The summed E-state index contributed by atoms with van der Waals surface area (Å²) in [6, 6.07) is 8.33. The number of cyclic esters (lactones) is 1. The quantitative estimate of drug-likeness (QED) is 0.847. The Morgan fingerprint density at radius 2 is 2.08 bits per heavy atom. The largest absolute Gasteiger partial charge is 0.454 e. The molecule has 1 N–H and O–H groups in total. The minimum absolute atomic E-state index is 0.00697. The van der Waals surface area contributed by atoms with Crippen LogP contribution in [0.25, 0.3) is 0 Å². The minimum Gasteiger partial charge on any atom is -0.454 e. The van der Waals surface area contributed by atoms with E-state index in [2.05, 4.69) is 4.72 Å². The Hall–Kier alpha value is -2.30. The maximum atomic E-state index is 12.1. The van der Waals surface area contributed by atoms with Crippen molar-refractivity contribution in [2.75, 3.05) is 24.8 Å². The number of ether oxygens (including phenoxy) is 3. The van der Waals surface area contributed by atoms with Gasteiger partial charge in [0, 0.05) is 12.6 Å². The molecule has 1 amide bonds. The molecule has 132 valence electrons. The second-order valence-electron chi connectivity index (χ2n) is 5.44. The summed E-state index contributed by atoms with van der Waals surface area (Å²) in [5, 5.41) is 1.69. The molecule has 2 aliphatic heterocycles. The molecule has 1 unspecified atom stereocenters. The molecule has 0 saturated carbocycles. The third-order valence-corrected chi connectivity index (χ3v) is 6.62. The predicted molar refractivity (Wildman–Crippen MR) is 89.7 cm³/mol. The lowest BCUT2D eigenvalue weighted by Crippen LogP contribution is -2.34. The Morgan fingerprint density at radius 3 is 2.88 bits per heavy atom. The highest BCUT2D eigenvalue weighted by Gasteiger charge is 2.34. The summed E-state index contributed by atoms with van der Waals surface area (Å²) < 4.78 is 42.7. The van der Waals surface area contributed by atoms with Crippen LogP contribution in [0.2, 0.25) is 0 Å². The van der Waals surface area contributed by atoms with E-state index in [1.54, 1.807) is 29.6 Å². The average Bonchev–Trinajstić information content (AvgIpc) is 3.33. The topological polar surface area (TPSA) is 94.2 Å². The van der Waals surface area contributed by atoms with Gasteiger partial charge in [0.15, 0.2) is 11.5 Å². The molecule has 1 atom stereocenters. The number of amides is 1. The maximum absolute atomic E-state index is 12.1. The summed E-state index contributed by atoms with van der Waals surface area (Å²) in [6.07, 6.45) is -1.10. The Kier molecular flexibility index (Phi) is 4.02. The summed E-state index contributed by atoms with van der Waals surface area (Å²) >= 11 is 1.13. The number of hydrogen-bond donors (Lipinski definition) is 1. The Morgan fingerprint density at radius 1 is 1.24 bits per heavy atom. The van der Waals surface area contributed by atoms with Crippen LogP contribution in [0.1, 0.15) is 0 Å². The molecule has 0 aliphatic carbocycles. The molecule has 0 radical (unpaired) electrons. The van der Waals surface area contributed by atoms with Crippen molar-refractivity contribution in [3.63, 3.8) is 0 Å². The number of rotatable bonds is 5. The monoisotopic (exact) mass is 382 g/mol. The summed E-state index contributed by atoms with van der Waals surface area (Å²) in [4.78, 5) is 13.5. The number of nitrogens with zero attached hydrogens (tertiary/aromatic N) is 1. The molecule has 1 saturated heterocycles. The van der Waals surface area contributed by atoms with E-state index in [1.807, 2.05) is 0 Å². The fourth-order valence-electron chi connectivity index (χ4n) is 2.58. The summed E-state index contributed by atoms with van der Waals surface area (Å²) in [6.45, 7) is 0.398. The van der Waals surface area contributed by atoms with Crippen LogP contribution in [0.3, 0.4) is 0 Å². The Bertz CT molecular complexity index is 897. The van der Waals surface area contributed by atoms with Crippen molar-refractivity contribution in [3.8, 4) is 11.5 Å². The van der Waals surface area contributed by atoms with Crippen molar-refractivity contribution >= 4 is 33.1 Å². The van der Waals surface area contributed by atoms with Gasteiger partial charge < -0.3 is 14.2 Å². The van der Waals surface area contributed by atoms with E-state index in [0.717, 1.165) is 11.3 Å². The lowest BCUT2D eigenvalue weighted by Gasteiger charge is -2.13. The van der Waals surface area contributed by atoms with Gasteiger partial charge in [-0.05, 0) is 23.6 Å². The van der Waals surface area contributed by atoms with Crippen LogP contribution in [0, 0.1) is 0 Å². The van der Waals surface area contributed by atoms with Gasteiger partial charge in [-0.15, -0.1) is 11.3 Å². The predicted octanol–water partition coefficient (Wildman–Crippen LogP) is 1.78. The standard InChI is InChI=1S/C15H14N2O6S2/c18-15-17(10-3-4-12-13(6-10)22-9-21-12)8-11(23-15)7-16-25(19,20)14-2-1-5-24-14/h1-6,11,16H,7-9H2. The molecule has 2 aliphatic rings. The molecule has 3 heterocycles. The molecule has 8 nitrogen and oxygen atoms in total. The van der Waals surface area contributed by atoms with E-state index in [4.69, 9.17) is 14.2 Å². The molecular formula is C15H14N2O6S2. The van der Waals surface area contributed by atoms with E-state index in [9.17, 15) is 13.2 Å². The van der Waals surface area contributed by atoms with Crippen molar-refractivity contribution in [1.29, 1.82) is 0 Å². The van der Waals surface area contributed by atoms with Gasteiger partial charge in [-0.1, -0.05) is 6.07 Å². The zero-order valence-corrected chi connectivity index (χ0v) is 14.5. The number of benzene rings is 1. The molecule has 1 aromatic heterocycles. The number of carbonyl (C=O) groups is 1. The van der Waals surface area contributed by atoms with Crippen molar-refractivity contribution in [3.05, 3.63) is 35.7 Å². The van der Waals surface area contributed by atoms with Gasteiger partial charge in [0.1, 0.15) is 10.3 Å². The van der Waals surface area contributed by atoms with E-state index in [1.165, 1.54) is 11.0 Å². The van der Waals surface area contributed by atoms with Crippen LogP contribution in [0.15, 0.2) is 39.9 Å². The molecule has 25 heavy (non-hydrogen) atoms. The average molecular weight is 382 g/mol. The minimum atomic E-state index is -3.59. The second-order valence-corrected chi connectivity index (χ2v) is 8.38. The zero-order chi connectivity index (χ0) is 17.4. The van der Waals surface area contributed by atoms with Crippen LogP contribution < -0.4 is 19.1 Å². The highest BCUT2D eigenvalue weighted by molar-refractivity contribution is 7.91. The van der Waals surface area contributed by atoms with Crippen molar-refractivity contribution < 1.29 is 27.4 Å². The third-order valence-electron chi connectivity index (χ3n) is 3.80. The molecule has 4 rings (SSSR count). The first kappa shape index (κ1) is 16.2. The first-order chi connectivity index (χ1) is 12.0. The van der Waals surface area contributed by atoms with E-state index < -0.39 is 22.2 Å². The number of anilines is 1. The number of hydrogen-bond acceptors (Lipinski definition) is 7. The smallest absolute Gasteiger partial charge is 0.414 e. The number of thiophene rings is 1. The lowest BCUT2D eigenvalue weighted by molar-refractivity contribution is 0.143. The molecule has 0 spiro atoms. The van der Waals surface area contributed by atoms with Gasteiger partial charge in [-0.3, -0.25) is 4.90 Å². The van der Waals surface area contributed by atoms with Gasteiger partial charge in [0.2, 0.25) is 16.8 Å². The number of nitrogens with one attached hydrogen (secondary N) is 1. The molecule has 10 heteroatoms.